The van der Waals surface area contributed by atoms with E-state index < -0.39 is 17.1 Å². The summed E-state index contributed by atoms with van der Waals surface area (Å²) in [5, 5.41) is 2.31. The van der Waals surface area contributed by atoms with E-state index in [0.717, 1.165) is 32.8 Å². The van der Waals surface area contributed by atoms with Gasteiger partial charge in [0.05, 0.1) is 0 Å². The van der Waals surface area contributed by atoms with Crippen molar-refractivity contribution < 1.29 is 34.7 Å². The minimum atomic E-state index is -2.72. The third kappa shape index (κ3) is 15.7. The molecule has 0 saturated carbocycles. The fourth-order valence-corrected chi connectivity index (χ4v) is 9.91. The van der Waals surface area contributed by atoms with Gasteiger partial charge in [0.15, 0.2) is 0 Å². The molecule has 0 bridgehead atoms. The van der Waals surface area contributed by atoms with E-state index in [4.69, 9.17) is 17.7 Å². The average molecular weight is 776 g/mol. The smallest absolute Gasteiger partial charge is 1.00 e. The van der Waals surface area contributed by atoms with Crippen molar-refractivity contribution in [1.29, 1.82) is 0 Å². The third-order valence-corrected chi connectivity index (χ3v) is 13.2. The second kappa shape index (κ2) is 25.7. The Balaban J connectivity index is -0.000000576. The van der Waals surface area contributed by atoms with E-state index in [0.29, 0.717) is 19.8 Å². The van der Waals surface area contributed by atoms with Crippen molar-refractivity contribution in [3.05, 3.63) is 102 Å². The molecule has 0 spiro atoms. The number of hydrogen-bond donors (Lipinski definition) is 0. The number of rotatable bonds is 14. The van der Waals surface area contributed by atoms with Gasteiger partial charge in [0.2, 0.25) is 8.32 Å². The molecule has 0 aliphatic rings. The first-order valence-corrected chi connectivity index (χ1v) is 18.1. The Hall–Kier alpha value is 0.0100. The molecule has 2 rings (SSSR count). The third-order valence-electron chi connectivity index (χ3n) is 4.94. The van der Waals surface area contributed by atoms with Gasteiger partial charge in [0.1, 0.15) is 0 Å². The maximum atomic E-state index is 6.12. The maximum Gasteiger partial charge on any atom is 2.00 e. The zero-order valence-corrected chi connectivity index (χ0v) is 32.1. The van der Waals surface area contributed by atoms with Gasteiger partial charge in [-0.1, -0.05) is 68.3 Å². The van der Waals surface area contributed by atoms with Crippen LogP contribution in [0, 0.1) is 6.92 Å². The molecule has 0 heterocycles. The van der Waals surface area contributed by atoms with Gasteiger partial charge in [-0.15, -0.1) is 13.2 Å². The largest absolute Gasteiger partial charge is 2.00 e. The van der Waals surface area contributed by atoms with Crippen LogP contribution in [-0.4, -0.2) is 66.6 Å². The van der Waals surface area contributed by atoms with Crippen LogP contribution in [0.1, 0.15) is 27.7 Å². The Bertz CT molecular complexity index is 873. The summed E-state index contributed by atoms with van der Waals surface area (Å²) in [6.45, 7) is 24.6. The van der Waals surface area contributed by atoms with E-state index in [1.54, 1.807) is 0 Å². The average Bonchev–Trinajstić information content (AvgIpc) is 2.86. The van der Waals surface area contributed by atoms with E-state index >= 15 is 0 Å². The van der Waals surface area contributed by atoms with E-state index in [1.165, 1.54) is 11.3 Å². The molecule has 0 fully saturated rings. The molecule has 2 aromatic rings. The molecular weight excluding hydrogens is 733 g/mol. The van der Waals surface area contributed by atoms with Gasteiger partial charge in [0, 0.05) is 40.6 Å². The molecule has 2 aromatic carbocycles. The molecule has 0 atom stereocenters. The first-order valence-electron chi connectivity index (χ1n) is 12.5. The predicted molar refractivity (Wildman–Crippen MR) is 177 cm³/mol. The SMILES string of the molecule is C=CC[Si](CC=C)(OCC)c1ccc(Br)cc1.C=C[CH2-].CCO[Si](OCC)(OCC)c1ccc(Br)cc1.[Br-].[Mg+2]. The van der Waals surface area contributed by atoms with Crippen LogP contribution >= 0.6 is 31.9 Å². The van der Waals surface area contributed by atoms with Crippen molar-refractivity contribution in [3.8, 4) is 0 Å². The molecule has 0 radical (unpaired) electrons. The molecule has 0 aliphatic carbocycles. The number of benzene rings is 2. The van der Waals surface area contributed by atoms with Crippen LogP contribution in [0.2, 0.25) is 12.1 Å². The van der Waals surface area contributed by atoms with Gasteiger partial charge in [-0.2, -0.15) is 0 Å². The number of allylic oxidation sites excluding steroid dienone is 3. The van der Waals surface area contributed by atoms with Gasteiger partial charge in [-0.05, 0) is 69.2 Å². The summed E-state index contributed by atoms with van der Waals surface area (Å²) >= 11 is 6.89. The minimum Gasteiger partial charge on any atom is -1.00 e. The Morgan fingerprint density at radius 3 is 1.26 bits per heavy atom. The van der Waals surface area contributed by atoms with Crippen molar-refractivity contribution in [3.63, 3.8) is 0 Å². The van der Waals surface area contributed by atoms with Crippen molar-refractivity contribution in [1.82, 2.24) is 0 Å². The quantitative estimate of drug-likeness (QED) is 0.163. The predicted octanol–water partition coefficient (Wildman–Crippen LogP) is 4.34. The van der Waals surface area contributed by atoms with Crippen molar-refractivity contribution in [2.75, 3.05) is 26.4 Å². The molecule has 0 saturated heterocycles. The van der Waals surface area contributed by atoms with E-state index in [1.807, 2.05) is 64.1 Å². The van der Waals surface area contributed by atoms with Crippen molar-refractivity contribution >= 4 is 82.4 Å². The molecule has 0 aliphatic heterocycles. The van der Waals surface area contributed by atoms with Crippen LogP contribution in [-0.2, 0) is 17.7 Å². The second-order valence-corrected chi connectivity index (χ2v) is 15.6. The van der Waals surface area contributed by atoms with E-state index in [-0.39, 0.29) is 40.0 Å². The topological polar surface area (TPSA) is 36.9 Å². The van der Waals surface area contributed by atoms with Crippen LogP contribution in [0.4, 0.5) is 0 Å². The summed E-state index contributed by atoms with van der Waals surface area (Å²) in [4.78, 5) is 0. The number of hydrogen-bond acceptors (Lipinski definition) is 4. The van der Waals surface area contributed by atoms with Gasteiger partial charge in [0.25, 0.3) is 0 Å². The molecule has 4 nitrogen and oxygen atoms in total. The van der Waals surface area contributed by atoms with Crippen LogP contribution in [0.3, 0.4) is 0 Å². The molecule has 0 unspecified atom stereocenters. The van der Waals surface area contributed by atoms with Gasteiger partial charge >= 0.3 is 31.9 Å². The van der Waals surface area contributed by atoms with Crippen molar-refractivity contribution in [2.45, 2.75) is 39.8 Å². The Morgan fingerprint density at radius 2 is 0.974 bits per heavy atom. The minimum absolute atomic E-state index is 0. The molecular formula is C29H43Br3MgO4Si2. The zero-order valence-electron chi connectivity index (χ0n) is 23.9. The molecule has 0 amide bonds. The molecule has 0 aromatic heterocycles. The summed E-state index contributed by atoms with van der Waals surface area (Å²) in [5.41, 5.74) is 0. The Labute approximate surface area is 283 Å². The first-order chi connectivity index (χ1) is 17.8. The van der Waals surface area contributed by atoms with Crippen LogP contribution in [0.5, 0.6) is 0 Å². The maximum absolute atomic E-state index is 6.12. The summed E-state index contributed by atoms with van der Waals surface area (Å²) in [6.07, 6.45) is 5.43. The van der Waals surface area contributed by atoms with E-state index in [2.05, 4.69) is 82.8 Å². The molecule has 0 N–H and O–H groups in total. The summed E-state index contributed by atoms with van der Waals surface area (Å²) in [7, 11) is -4.67. The fourth-order valence-electron chi connectivity index (χ4n) is 3.62. The monoisotopic (exact) mass is 772 g/mol. The van der Waals surface area contributed by atoms with Gasteiger partial charge in [-0.3, -0.25) is 0 Å². The standard InChI is InChI=1S/C14H19BrOSi.C12H19BrO3Si.C3H5.BrH.Mg/c1-4-11-17(12-5-2,16-6-3)14-9-7-13(15)8-10-14;1-4-14-17(15-5-2,16-6-3)12-9-7-11(13)8-10-12;1-3-2;;/h4-5,7-10H,1-2,6,11-12H2,3H3;7-10H,4-6H2,1-3H3;3H,1-2H2;1H;/q;;-1;;+2/p-1. The summed E-state index contributed by atoms with van der Waals surface area (Å²) in [6, 6.07) is 18.3. The number of halogens is 3. The van der Waals surface area contributed by atoms with Gasteiger partial charge < -0.3 is 34.7 Å². The summed E-state index contributed by atoms with van der Waals surface area (Å²) < 4.78 is 25.7. The van der Waals surface area contributed by atoms with Crippen LogP contribution in [0.25, 0.3) is 0 Å². The van der Waals surface area contributed by atoms with Gasteiger partial charge in [-0.25, -0.2) is 19.6 Å². The fraction of sp³-hybridized carbons (Fsp3) is 0.345. The molecule has 214 valence electrons. The van der Waals surface area contributed by atoms with Crippen LogP contribution < -0.4 is 27.4 Å². The normalized spacial score (nSPS) is 10.3. The molecule has 10 heteroatoms. The molecule has 39 heavy (non-hydrogen) atoms. The van der Waals surface area contributed by atoms with Crippen molar-refractivity contribution in [2.24, 2.45) is 0 Å². The Kier molecular flexibility index (Phi) is 28.6. The zero-order chi connectivity index (χ0) is 28.2. The summed E-state index contributed by atoms with van der Waals surface area (Å²) in [5.74, 6) is 0. The second-order valence-electron chi connectivity index (χ2n) is 7.57. The van der Waals surface area contributed by atoms with E-state index in [9.17, 15) is 0 Å². The van der Waals surface area contributed by atoms with Crippen LogP contribution in [0.15, 0.2) is 95.4 Å². The Morgan fingerprint density at radius 1 is 0.667 bits per heavy atom. The first kappa shape index (κ1) is 43.5.